The molecule has 1 aromatic heterocycles. The minimum Gasteiger partial charge on any atom is -0.350 e. The Morgan fingerprint density at radius 1 is 1.25 bits per heavy atom. The average Bonchev–Trinajstić information content (AvgIpc) is 2.94. The van der Waals surface area contributed by atoms with Gasteiger partial charge in [-0.15, -0.1) is 0 Å². The van der Waals surface area contributed by atoms with Crippen molar-refractivity contribution in [2.45, 2.75) is 32.9 Å². The van der Waals surface area contributed by atoms with Crippen molar-refractivity contribution >= 4 is 23.4 Å². The highest BCUT2D eigenvalue weighted by atomic mass is 35.5. The molecular weight excluding hydrogens is 328 g/mol. The first-order valence-electron chi connectivity index (χ1n) is 7.60. The Morgan fingerprint density at radius 3 is 2.62 bits per heavy atom. The third-order valence-electron chi connectivity index (χ3n) is 3.11. The SMILES string of the molecule is CC(C)(C)NC(=O)CNC(=O)c1cnn(Cc2ccccc2Cl)c1. The molecule has 24 heavy (non-hydrogen) atoms. The molecule has 2 amide bonds. The van der Waals surface area contributed by atoms with E-state index < -0.39 is 0 Å². The van der Waals surface area contributed by atoms with Gasteiger partial charge >= 0.3 is 0 Å². The molecule has 0 spiro atoms. The molecule has 6 nitrogen and oxygen atoms in total. The summed E-state index contributed by atoms with van der Waals surface area (Å²) in [5, 5.41) is 10.2. The highest BCUT2D eigenvalue weighted by Crippen LogP contribution is 2.16. The fourth-order valence-electron chi connectivity index (χ4n) is 2.09. The molecule has 2 N–H and O–H groups in total. The Bertz CT molecular complexity index is 734. The molecule has 0 bridgehead atoms. The van der Waals surface area contributed by atoms with Gasteiger partial charge in [-0.1, -0.05) is 29.8 Å². The molecule has 0 fully saturated rings. The van der Waals surface area contributed by atoms with Gasteiger partial charge in [0, 0.05) is 16.8 Å². The largest absolute Gasteiger partial charge is 0.350 e. The van der Waals surface area contributed by atoms with Crippen molar-refractivity contribution in [2.75, 3.05) is 6.54 Å². The third-order valence-corrected chi connectivity index (χ3v) is 3.48. The van der Waals surface area contributed by atoms with Gasteiger partial charge in [0.15, 0.2) is 0 Å². The van der Waals surface area contributed by atoms with Crippen molar-refractivity contribution in [1.29, 1.82) is 0 Å². The number of benzene rings is 1. The van der Waals surface area contributed by atoms with Crippen molar-refractivity contribution in [3.05, 3.63) is 52.8 Å². The summed E-state index contributed by atoms with van der Waals surface area (Å²) in [4.78, 5) is 23.8. The van der Waals surface area contributed by atoms with Crippen LogP contribution in [-0.2, 0) is 11.3 Å². The van der Waals surface area contributed by atoms with Crippen LogP contribution in [-0.4, -0.2) is 33.7 Å². The van der Waals surface area contributed by atoms with Crippen LogP contribution >= 0.6 is 11.6 Å². The minimum absolute atomic E-state index is 0.0776. The summed E-state index contributed by atoms with van der Waals surface area (Å²) in [7, 11) is 0. The van der Waals surface area contributed by atoms with Crippen LogP contribution in [0.5, 0.6) is 0 Å². The first-order chi connectivity index (χ1) is 11.2. The molecule has 0 atom stereocenters. The fourth-order valence-corrected chi connectivity index (χ4v) is 2.29. The number of nitrogens with one attached hydrogen (secondary N) is 2. The van der Waals surface area contributed by atoms with Crippen LogP contribution in [0.15, 0.2) is 36.7 Å². The molecule has 0 saturated carbocycles. The van der Waals surface area contributed by atoms with Gasteiger partial charge in [0.05, 0.1) is 24.8 Å². The molecule has 0 aliphatic rings. The van der Waals surface area contributed by atoms with Gasteiger partial charge in [0.1, 0.15) is 0 Å². The summed E-state index contributed by atoms with van der Waals surface area (Å²) in [6, 6.07) is 7.46. The van der Waals surface area contributed by atoms with E-state index in [-0.39, 0.29) is 23.9 Å². The Morgan fingerprint density at radius 2 is 1.96 bits per heavy atom. The predicted molar refractivity (Wildman–Crippen MR) is 93.0 cm³/mol. The lowest BCUT2D eigenvalue weighted by Gasteiger charge is -2.20. The summed E-state index contributed by atoms with van der Waals surface area (Å²) in [6.45, 7) is 6.03. The van der Waals surface area contributed by atoms with E-state index in [2.05, 4.69) is 15.7 Å². The summed E-state index contributed by atoms with van der Waals surface area (Å²) < 4.78 is 1.63. The second-order valence-corrected chi connectivity index (χ2v) is 6.91. The number of hydrogen-bond donors (Lipinski definition) is 2. The summed E-state index contributed by atoms with van der Waals surface area (Å²) in [5.41, 5.74) is 0.978. The molecule has 2 aromatic rings. The number of halogens is 1. The van der Waals surface area contributed by atoms with Crippen molar-refractivity contribution in [3.63, 3.8) is 0 Å². The van der Waals surface area contributed by atoms with Gasteiger partial charge in [-0.2, -0.15) is 5.10 Å². The second-order valence-electron chi connectivity index (χ2n) is 6.50. The molecule has 0 unspecified atom stereocenters. The van der Waals surface area contributed by atoms with Crippen LogP contribution in [0, 0.1) is 0 Å². The van der Waals surface area contributed by atoms with Gasteiger partial charge in [0.25, 0.3) is 5.91 Å². The van der Waals surface area contributed by atoms with E-state index in [9.17, 15) is 9.59 Å². The van der Waals surface area contributed by atoms with Crippen LogP contribution in [0.25, 0.3) is 0 Å². The van der Waals surface area contributed by atoms with E-state index in [0.717, 1.165) is 5.56 Å². The van der Waals surface area contributed by atoms with Gasteiger partial charge in [0.2, 0.25) is 5.91 Å². The van der Waals surface area contributed by atoms with Crippen molar-refractivity contribution in [2.24, 2.45) is 0 Å². The Kier molecular flexibility index (Phi) is 5.62. The quantitative estimate of drug-likeness (QED) is 0.870. The maximum atomic E-state index is 12.1. The molecule has 128 valence electrons. The van der Waals surface area contributed by atoms with Crippen molar-refractivity contribution < 1.29 is 9.59 Å². The molecular formula is C17H21ClN4O2. The van der Waals surface area contributed by atoms with Gasteiger partial charge < -0.3 is 10.6 Å². The van der Waals surface area contributed by atoms with Crippen LogP contribution < -0.4 is 10.6 Å². The van der Waals surface area contributed by atoms with E-state index in [1.54, 1.807) is 10.9 Å². The molecule has 0 aliphatic carbocycles. The Balaban J connectivity index is 1.92. The van der Waals surface area contributed by atoms with Crippen LogP contribution in [0.2, 0.25) is 5.02 Å². The van der Waals surface area contributed by atoms with E-state index in [4.69, 9.17) is 11.6 Å². The Labute approximate surface area is 146 Å². The zero-order valence-corrected chi connectivity index (χ0v) is 14.7. The molecule has 1 aromatic carbocycles. The van der Waals surface area contributed by atoms with E-state index >= 15 is 0 Å². The smallest absolute Gasteiger partial charge is 0.254 e. The molecule has 0 radical (unpaired) electrons. The lowest BCUT2D eigenvalue weighted by atomic mass is 10.1. The molecule has 0 aliphatic heterocycles. The van der Waals surface area contributed by atoms with E-state index in [1.807, 2.05) is 45.0 Å². The van der Waals surface area contributed by atoms with Crippen molar-refractivity contribution in [1.82, 2.24) is 20.4 Å². The van der Waals surface area contributed by atoms with Crippen LogP contribution in [0.1, 0.15) is 36.7 Å². The normalized spacial score (nSPS) is 11.2. The van der Waals surface area contributed by atoms with Crippen molar-refractivity contribution in [3.8, 4) is 0 Å². The summed E-state index contributed by atoms with van der Waals surface area (Å²) in [6.07, 6.45) is 3.09. The van der Waals surface area contributed by atoms with E-state index in [0.29, 0.717) is 17.1 Å². The lowest BCUT2D eigenvalue weighted by Crippen LogP contribution is -2.45. The number of amides is 2. The van der Waals surface area contributed by atoms with Gasteiger partial charge in [-0.05, 0) is 32.4 Å². The number of nitrogens with zero attached hydrogens (tertiary/aromatic N) is 2. The highest BCUT2D eigenvalue weighted by molar-refractivity contribution is 6.31. The van der Waals surface area contributed by atoms with Crippen LogP contribution in [0.3, 0.4) is 0 Å². The fraction of sp³-hybridized carbons (Fsp3) is 0.353. The third kappa shape index (κ3) is 5.38. The first-order valence-corrected chi connectivity index (χ1v) is 7.97. The molecule has 1 heterocycles. The molecule has 7 heteroatoms. The minimum atomic E-state index is -0.343. The monoisotopic (exact) mass is 348 g/mol. The van der Waals surface area contributed by atoms with Crippen LogP contribution in [0.4, 0.5) is 0 Å². The average molecular weight is 349 g/mol. The maximum absolute atomic E-state index is 12.1. The lowest BCUT2D eigenvalue weighted by molar-refractivity contribution is -0.121. The molecule has 0 saturated heterocycles. The number of carbonyl (C=O) groups excluding carboxylic acids is 2. The number of carbonyl (C=O) groups is 2. The number of hydrogen-bond acceptors (Lipinski definition) is 3. The van der Waals surface area contributed by atoms with Gasteiger partial charge in [-0.3, -0.25) is 14.3 Å². The zero-order valence-electron chi connectivity index (χ0n) is 14.0. The standard InChI is InChI=1S/C17H21ClN4O2/c1-17(2,3)21-15(23)9-19-16(24)13-8-20-22(11-13)10-12-6-4-5-7-14(12)18/h4-8,11H,9-10H2,1-3H3,(H,19,24)(H,21,23). The molecule has 2 rings (SSSR count). The van der Waals surface area contributed by atoms with E-state index in [1.165, 1.54) is 6.20 Å². The highest BCUT2D eigenvalue weighted by Gasteiger charge is 2.15. The topological polar surface area (TPSA) is 76.0 Å². The first kappa shape index (κ1) is 18.0. The predicted octanol–water partition coefficient (Wildman–Crippen LogP) is 2.23. The van der Waals surface area contributed by atoms with Gasteiger partial charge in [-0.25, -0.2) is 0 Å². The summed E-state index contributed by atoms with van der Waals surface area (Å²) in [5.74, 6) is -0.580. The second kappa shape index (κ2) is 7.49. The summed E-state index contributed by atoms with van der Waals surface area (Å²) >= 11 is 6.12. The number of rotatable bonds is 5. The Hall–Kier alpha value is -2.34. The number of aromatic nitrogens is 2. The maximum Gasteiger partial charge on any atom is 0.254 e. The zero-order chi connectivity index (χ0) is 17.7.